The van der Waals surface area contributed by atoms with Crippen LogP contribution in [0.1, 0.15) is 32.6 Å². The number of carbonyl (C=O) groups excluding carboxylic acids is 2. The van der Waals surface area contributed by atoms with Crippen molar-refractivity contribution in [2.45, 2.75) is 38.6 Å². The molecule has 3 saturated heterocycles. The molecule has 5 nitrogen and oxygen atoms in total. The third kappa shape index (κ3) is 4.21. The SMILES string of the molecule is CC(=O)N1CCC(C(=O)N2CCCN(C3CCSC3)CC2)CC1. The first kappa shape index (κ1) is 17.1. The van der Waals surface area contributed by atoms with Crippen molar-refractivity contribution >= 4 is 23.6 Å². The number of hydrogen-bond donors (Lipinski definition) is 0. The Labute approximate surface area is 143 Å². The first-order chi connectivity index (χ1) is 11.1. The minimum absolute atomic E-state index is 0.124. The van der Waals surface area contributed by atoms with Crippen molar-refractivity contribution < 1.29 is 9.59 Å². The molecule has 1 atom stereocenters. The van der Waals surface area contributed by atoms with Gasteiger partial charge in [0.15, 0.2) is 0 Å². The Morgan fingerprint density at radius 1 is 0.913 bits per heavy atom. The van der Waals surface area contributed by atoms with Gasteiger partial charge < -0.3 is 9.80 Å². The Morgan fingerprint density at radius 3 is 2.35 bits per heavy atom. The summed E-state index contributed by atoms with van der Waals surface area (Å²) >= 11 is 2.06. The molecule has 0 aromatic heterocycles. The summed E-state index contributed by atoms with van der Waals surface area (Å²) in [7, 11) is 0. The van der Waals surface area contributed by atoms with Gasteiger partial charge in [-0.2, -0.15) is 11.8 Å². The number of amides is 2. The van der Waals surface area contributed by atoms with Crippen molar-refractivity contribution in [3.8, 4) is 0 Å². The molecule has 1 unspecified atom stereocenters. The molecule has 0 N–H and O–H groups in total. The van der Waals surface area contributed by atoms with Crippen LogP contribution in [0.3, 0.4) is 0 Å². The minimum atomic E-state index is 0.124. The van der Waals surface area contributed by atoms with Gasteiger partial charge in [-0.05, 0) is 31.4 Å². The quantitative estimate of drug-likeness (QED) is 0.760. The Bertz CT molecular complexity index is 432. The van der Waals surface area contributed by atoms with E-state index in [0.717, 1.165) is 64.6 Å². The Kier molecular flexibility index (Phi) is 5.85. The Hall–Kier alpha value is -0.750. The lowest BCUT2D eigenvalue weighted by Gasteiger charge is -2.33. The highest BCUT2D eigenvalue weighted by molar-refractivity contribution is 7.99. The molecule has 23 heavy (non-hydrogen) atoms. The summed E-state index contributed by atoms with van der Waals surface area (Å²) in [6.45, 7) is 7.05. The summed E-state index contributed by atoms with van der Waals surface area (Å²) in [6.07, 6.45) is 4.07. The van der Waals surface area contributed by atoms with Crippen molar-refractivity contribution in [1.29, 1.82) is 0 Å². The second-order valence-electron chi connectivity index (χ2n) is 7.01. The van der Waals surface area contributed by atoms with Crippen LogP contribution < -0.4 is 0 Å². The van der Waals surface area contributed by atoms with Crippen LogP contribution in [0.25, 0.3) is 0 Å². The zero-order valence-electron chi connectivity index (χ0n) is 14.2. The zero-order valence-corrected chi connectivity index (χ0v) is 15.0. The molecule has 2 amide bonds. The second-order valence-corrected chi connectivity index (χ2v) is 8.16. The molecule has 130 valence electrons. The van der Waals surface area contributed by atoms with E-state index in [4.69, 9.17) is 0 Å². The van der Waals surface area contributed by atoms with E-state index < -0.39 is 0 Å². The van der Waals surface area contributed by atoms with Gasteiger partial charge in [0.05, 0.1) is 0 Å². The smallest absolute Gasteiger partial charge is 0.225 e. The van der Waals surface area contributed by atoms with Crippen LogP contribution in [-0.4, -0.2) is 83.3 Å². The molecule has 3 aliphatic rings. The summed E-state index contributed by atoms with van der Waals surface area (Å²) in [6, 6.07) is 0.730. The molecular weight excluding hydrogens is 310 g/mol. The molecule has 3 heterocycles. The molecule has 0 aliphatic carbocycles. The number of thioether (sulfide) groups is 1. The largest absolute Gasteiger partial charge is 0.343 e. The molecule has 6 heteroatoms. The van der Waals surface area contributed by atoms with Gasteiger partial charge in [0.25, 0.3) is 0 Å². The van der Waals surface area contributed by atoms with Crippen LogP contribution in [0.5, 0.6) is 0 Å². The van der Waals surface area contributed by atoms with Gasteiger partial charge in [-0.25, -0.2) is 0 Å². The maximum atomic E-state index is 12.8. The van der Waals surface area contributed by atoms with Crippen molar-refractivity contribution in [3.05, 3.63) is 0 Å². The van der Waals surface area contributed by atoms with Crippen molar-refractivity contribution in [1.82, 2.24) is 14.7 Å². The van der Waals surface area contributed by atoms with Crippen LogP contribution in [0.15, 0.2) is 0 Å². The summed E-state index contributed by atoms with van der Waals surface area (Å²) < 4.78 is 0. The number of carbonyl (C=O) groups is 2. The molecule has 0 spiro atoms. The second kappa shape index (κ2) is 7.88. The van der Waals surface area contributed by atoms with Crippen LogP contribution >= 0.6 is 11.8 Å². The highest BCUT2D eigenvalue weighted by Gasteiger charge is 2.31. The summed E-state index contributed by atoms with van der Waals surface area (Å²) in [5.41, 5.74) is 0. The fourth-order valence-corrected chi connectivity index (χ4v) is 5.29. The van der Waals surface area contributed by atoms with E-state index in [1.807, 2.05) is 4.90 Å². The average molecular weight is 340 g/mol. The molecule has 3 aliphatic heterocycles. The predicted molar refractivity (Wildman–Crippen MR) is 93.5 cm³/mol. The van der Waals surface area contributed by atoms with Crippen LogP contribution in [0.2, 0.25) is 0 Å². The van der Waals surface area contributed by atoms with Crippen LogP contribution in [-0.2, 0) is 9.59 Å². The van der Waals surface area contributed by atoms with Gasteiger partial charge in [-0.1, -0.05) is 0 Å². The summed E-state index contributed by atoms with van der Waals surface area (Å²) in [5.74, 6) is 3.14. The molecule has 0 saturated carbocycles. The van der Waals surface area contributed by atoms with Gasteiger partial charge in [-0.3, -0.25) is 14.5 Å². The lowest BCUT2D eigenvalue weighted by atomic mass is 9.95. The Balaban J connectivity index is 1.49. The normalized spacial score (nSPS) is 28.0. The van der Waals surface area contributed by atoms with E-state index >= 15 is 0 Å². The molecule has 0 radical (unpaired) electrons. The van der Waals surface area contributed by atoms with Gasteiger partial charge >= 0.3 is 0 Å². The first-order valence-electron chi connectivity index (χ1n) is 9.01. The maximum absolute atomic E-state index is 12.8. The number of nitrogens with zero attached hydrogens (tertiary/aromatic N) is 3. The Morgan fingerprint density at radius 2 is 1.70 bits per heavy atom. The fraction of sp³-hybridized carbons (Fsp3) is 0.882. The van der Waals surface area contributed by atoms with Gasteiger partial charge in [-0.15, -0.1) is 0 Å². The molecule has 0 bridgehead atoms. The van der Waals surface area contributed by atoms with E-state index in [9.17, 15) is 9.59 Å². The lowest BCUT2D eigenvalue weighted by Crippen LogP contribution is -2.45. The maximum Gasteiger partial charge on any atom is 0.225 e. The van der Waals surface area contributed by atoms with Gasteiger partial charge in [0.1, 0.15) is 0 Å². The monoisotopic (exact) mass is 339 g/mol. The van der Waals surface area contributed by atoms with E-state index in [1.54, 1.807) is 6.92 Å². The van der Waals surface area contributed by atoms with Crippen LogP contribution in [0.4, 0.5) is 0 Å². The van der Waals surface area contributed by atoms with E-state index in [1.165, 1.54) is 17.9 Å². The molecule has 3 fully saturated rings. The number of piperidine rings is 1. The molecule has 3 rings (SSSR count). The molecule has 0 aromatic carbocycles. The first-order valence-corrected chi connectivity index (χ1v) is 10.2. The summed E-state index contributed by atoms with van der Waals surface area (Å²) in [5, 5.41) is 0. The highest BCUT2D eigenvalue weighted by Crippen LogP contribution is 2.24. The number of hydrogen-bond acceptors (Lipinski definition) is 4. The van der Waals surface area contributed by atoms with E-state index in [0.29, 0.717) is 5.91 Å². The summed E-state index contributed by atoms with van der Waals surface area (Å²) in [4.78, 5) is 30.8. The fourth-order valence-electron chi connectivity index (χ4n) is 4.03. The van der Waals surface area contributed by atoms with Crippen LogP contribution in [0, 0.1) is 5.92 Å². The van der Waals surface area contributed by atoms with E-state index in [2.05, 4.69) is 21.6 Å². The van der Waals surface area contributed by atoms with Crippen molar-refractivity contribution in [2.24, 2.45) is 5.92 Å². The molecule has 0 aromatic rings. The molecular formula is C17H29N3O2S. The van der Waals surface area contributed by atoms with Crippen molar-refractivity contribution in [2.75, 3.05) is 50.8 Å². The average Bonchev–Trinajstić information content (AvgIpc) is 2.99. The third-order valence-corrected chi connectivity index (χ3v) is 6.70. The predicted octanol–water partition coefficient (Wildman–Crippen LogP) is 1.28. The van der Waals surface area contributed by atoms with Crippen molar-refractivity contribution in [3.63, 3.8) is 0 Å². The standard InChI is InChI=1S/C17H29N3O2S/c1-14(21)18-8-3-15(4-9-18)17(22)20-7-2-6-19(10-11-20)16-5-12-23-13-16/h15-16H,2-13H2,1H3. The zero-order chi connectivity index (χ0) is 16.2. The number of likely N-dealkylation sites (tertiary alicyclic amines) is 1. The topological polar surface area (TPSA) is 43.9 Å². The van der Waals surface area contributed by atoms with E-state index in [-0.39, 0.29) is 11.8 Å². The highest BCUT2D eigenvalue weighted by atomic mass is 32.2. The third-order valence-electron chi connectivity index (χ3n) is 5.55. The minimum Gasteiger partial charge on any atom is -0.343 e. The lowest BCUT2D eigenvalue weighted by molar-refractivity contribution is -0.140. The number of rotatable bonds is 2. The van der Waals surface area contributed by atoms with Gasteiger partial charge in [0, 0.05) is 63.9 Å². The van der Waals surface area contributed by atoms with Gasteiger partial charge in [0.2, 0.25) is 11.8 Å².